The van der Waals surface area contributed by atoms with Gasteiger partial charge in [-0.2, -0.15) is 0 Å². The number of carbonyl (C=O) groups excluding carboxylic acids is 3. The lowest BCUT2D eigenvalue weighted by atomic mass is 9.85. The molecule has 1 aliphatic rings. The molecule has 1 aliphatic carbocycles. The van der Waals surface area contributed by atoms with Gasteiger partial charge in [-0.1, -0.05) is 32.1 Å². The molecule has 6 nitrogen and oxygen atoms in total. The first-order valence-electron chi connectivity index (χ1n) is 7.72. The molecule has 120 valence electrons. The Morgan fingerprint density at radius 3 is 2.68 bits per heavy atom. The number of hydrogen-bond acceptors (Lipinski definition) is 5. The van der Waals surface area contributed by atoms with Gasteiger partial charge >= 0.3 is 0 Å². The van der Waals surface area contributed by atoms with E-state index in [-0.39, 0.29) is 12.3 Å². The summed E-state index contributed by atoms with van der Waals surface area (Å²) < 4.78 is 5.00. The number of imide groups is 1. The number of carbonyl (C=O) groups is 3. The summed E-state index contributed by atoms with van der Waals surface area (Å²) in [4.78, 5) is 36.3. The molecule has 1 atom stereocenters. The largest absolute Gasteiger partial charge is 0.459 e. The number of nitrogens with zero attached hydrogens (tertiary/aromatic N) is 1. The summed E-state index contributed by atoms with van der Waals surface area (Å²) in [5, 5.41) is 0. The van der Waals surface area contributed by atoms with Gasteiger partial charge in [-0.15, -0.1) is 0 Å². The molecule has 0 spiro atoms. The van der Waals surface area contributed by atoms with Crippen molar-refractivity contribution in [3.05, 3.63) is 24.2 Å². The van der Waals surface area contributed by atoms with Gasteiger partial charge in [0.15, 0.2) is 5.76 Å². The minimum Gasteiger partial charge on any atom is -0.459 e. The van der Waals surface area contributed by atoms with Crippen molar-refractivity contribution in [1.82, 2.24) is 4.90 Å². The summed E-state index contributed by atoms with van der Waals surface area (Å²) in [7, 11) is 0. The molecule has 6 heteroatoms. The molecule has 0 aromatic carbocycles. The van der Waals surface area contributed by atoms with Crippen LogP contribution in [0.25, 0.3) is 0 Å². The van der Waals surface area contributed by atoms with Crippen molar-refractivity contribution in [1.29, 1.82) is 0 Å². The van der Waals surface area contributed by atoms with Crippen molar-refractivity contribution in [3.63, 3.8) is 0 Å². The van der Waals surface area contributed by atoms with E-state index in [1.807, 2.05) is 0 Å². The molecule has 1 fully saturated rings. The van der Waals surface area contributed by atoms with E-state index in [2.05, 4.69) is 0 Å². The first-order valence-corrected chi connectivity index (χ1v) is 7.72. The Morgan fingerprint density at radius 2 is 2.09 bits per heavy atom. The summed E-state index contributed by atoms with van der Waals surface area (Å²) in [6.45, 7) is -0.309. The summed E-state index contributed by atoms with van der Waals surface area (Å²) >= 11 is 0. The van der Waals surface area contributed by atoms with Gasteiger partial charge in [-0.3, -0.25) is 14.5 Å². The molecule has 0 saturated heterocycles. The minimum absolute atomic E-state index is 0.0278. The van der Waals surface area contributed by atoms with E-state index in [1.165, 1.54) is 18.8 Å². The zero-order valence-electron chi connectivity index (χ0n) is 12.6. The van der Waals surface area contributed by atoms with Crippen LogP contribution in [0, 0.1) is 5.92 Å². The maximum atomic E-state index is 12.4. The van der Waals surface area contributed by atoms with Crippen LogP contribution in [0.1, 0.15) is 49.1 Å². The van der Waals surface area contributed by atoms with E-state index in [9.17, 15) is 14.4 Å². The summed E-state index contributed by atoms with van der Waals surface area (Å²) in [6, 6.07) is 2.25. The maximum Gasteiger partial charge on any atom is 0.296 e. The van der Waals surface area contributed by atoms with Crippen LogP contribution in [-0.2, 0) is 9.59 Å². The molecule has 1 aromatic heterocycles. The molecule has 0 unspecified atom stereocenters. The highest BCUT2D eigenvalue weighted by Gasteiger charge is 2.30. The van der Waals surface area contributed by atoms with Gasteiger partial charge in [0.25, 0.3) is 5.91 Å². The quantitative estimate of drug-likeness (QED) is 0.808. The normalized spacial score (nSPS) is 17.0. The maximum absolute atomic E-state index is 12.4. The highest BCUT2D eigenvalue weighted by atomic mass is 16.3. The molecule has 0 aliphatic heterocycles. The molecular formula is C16H22N2O4. The third-order valence-corrected chi connectivity index (χ3v) is 4.13. The van der Waals surface area contributed by atoms with Crippen molar-refractivity contribution in [2.75, 3.05) is 6.54 Å². The summed E-state index contributed by atoms with van der Waals surface area (Å²) in [5.41, 5.74) is 5.98. The van der Waals surface area contributed by atoms with Crippen LogP contribution in [0.4, 0.5) is 0 Å². The van der Waals surface area contributed by atoms with Gasteiger partial charge in [-0.25, -0.2) is 0 Å². The Hall–Kier alpha value is -1.95. The monoisotopic (exact) mass is 306 g/mol. The van der Waals surface area contributed by atoms with E-state index < -0.39 is 17.9 Å². The Kier molecular flexibility index (Phi) is 5.89. The van der Waals surface area contributed by atoms with E-state index >= 15 is 0 Å². The first-order chi connectivity index (χ1) is 10.6. The van der Waals surface area contributed by atoms with Crippen molar-refractivity contribution in [2.45, 2.75) is 44.6 Å². The minimum atomic E-state index is -0.762. The number of hydrogen-bond donors (Lipinski definition) is 1. The Balaban J connectivity index is 2.01. The van der Waals surface area contributed by atoms with Gasteiger partial charge in [-0.05, 0) is 24.5 Å². The lowest BCUT2D eigenvalue weighted by Crippen LogP contribution is -2.48. The van der Waals surface area contributed by atoms with Gasteiger partial charge in [0, 0.05) is 0 Å². The highest BCUT2D eigenvalue weighted by molar-refractivity contribution is 6.05. The molecule has 1 saturated carbocycles. The molecule has 2 N–H and O–H groups in total. The lowest BCUT2D eigenvalue weighted by molar-refractivity contribution is -0.132. The second kappa shape index (κ2) is 7.89. The predicted molar refractivity (Wildman–Crippen MR) is 80.0 cm³/mol. The molecule has 0 bridgehead atoms. The topological polar surface area (TPSA) is 93.6 Å². The molecule has 2 amide bonds. The molecule has 1 aromatic rings. The number of amides is 2. The van der Waals surface area contributed by atoms with Gasteiger partial charge < -0.3 is 14.9 Å². The number of rotatable bonds is 6. The number of furan rings is 1. The second-order valence-corrected chi connectivity index (χ2v) is 5.74. The van der Waals surface area contributed by atoms with Crippen molar-refractivity contribution < 1.29 is 18.8 Å². The number of nitrogens with two attached hydrogens (primary N) is 1. The van der Waals surface area contributed by atoms with Crippen molar-refractivity contribution >= 4 is 18.1 Å². The van der Waals surface area contributed by atoms with Crippen LogP contribution in [-0.4, -0.2) is 35.6 Å². The van der Waals surface area contributed by atoms with Crippen LogP contribution in [0.3, 0.4) is 0 Å². The summed E-state index contributed by atoms with van der Waals surface area (Å²) in [5.74, 6) is -0.690. The Labute approximate surface area is 129 Å². The average Bonchev–Trinajstić information content (AvgIpc) is 3.06. The number of aldehydes is 1. The standard InChI is InChI=1S/C16H22N2O4/c17-13(11-12-5-2-1-3-6-12)15(20)18(8-9-19)16(21)14-7-4-10-22-14/h4,7,9-10,12-13H,1-3,5-6,8,11,17H2/t13-/m0/s1. The zero-order chi connectivity index (χ0) is 15.9. The van der Waals surface area contributed by atoms with Crippen LogP contribution >= 0.6 is 0 Å². The zero-order valence-corrected chi connectivity index (χ0v) is 12.6. The van der Waals surface area contributed by atoms with Crippen LogP contribution in [0.5, 0.6) is 0 Å². The van der Waals surface area contributed by atoms with Gasteiger partial charge in [0.1, 0.15) is 6.29 Å². The third kappa shape index (κ3) is 4.04. The van der Waals surface area contributed by atoms with Gasteiger partial charge in [0.2, 0.25) is 5.91 Å². The fourth-order valence-electron chi connectivity index (χ4n) is 2.96. The van der Waals surface area contributed by atoms with E-state index in [0.29, 0.717) is 18.6 Å². The molecule has 1 heterocycles. The van der Waals surface area contributed by atoms with Crippen LogP contribution in [0.15, 0.2) is 22.8 Å². The molecule has 22 heavy (non-hydrogen) atoms. The lowest BCUT2D eigenvalue weighted by Gasteiger charge is -2.26. The first kappa shape index (κ1) is 16.4. The average molecular weight is 306 g/mol. The van der Waals surface area contributed by atoms with Crippen molar-refractivity contribution in [3.8, 4) is 0 Å². The highest BCUT2D eigenvalue weighted by Crippen LogP contribution is 2.27. The van der Waals surface area contributed by atoms with E-state index in [1.54, 1.807) is 6.07 Å². The molecular weight excluding hydrogens is 284 g/mol. The fraction of sp³-hybridized carbons (Fsp3) is 0.562. The van der Waals surface area contributed by atoms with Gasteiger partial charge in [0.05, 0.1) is 18.8 Å². The SMILES string of the molecule is N[C@@H](CC1CCCCC1)C(=O)N(CC=O)C(=O)c1ccco1. The van der Waals surface area contributed by atoms with Crippen LogP contribution in [0.2, 0.25) is 0 Å². The Bertz CT molecular complexity index is 506. The van der Waals surface area contributed by atoms with E-state index in [4.69, 9.17) is 10.2 Å². The van der Waals surface area contributed by atoms with E-state index in [0.717, 1.165) is 30.6 Å². The third-order valence-electron chi connectivity index (χ3n) is 4.13. The smallest absolute Gasteiger partial charge is 0.296 e. The molecule has 2 rings (SSSR count). The predicted octanol–water partition coefficient (Wildman–Crippen LogP) is 1.74. The summed E-state index contributed by atoms with van der Waals surface area (Å²) in [6.07, 6.45) is 8.11. The van der Waals surface area contributed by atoms with Crippen molar-refractivity contribution in [2.24, 2.45) is 11.7 Å². The van der Waals surface area contributed by atoms with Crippen LogP contribution < -0.4 is 5.73 Å². The second-order valence-electron chi connectivity index (χ2n) is 5.74. The molecule has 0 radical (unpaired) electrons. The fourth-order valence-corrected chi connectivity index (χ4v) is 2.96. The Morgan fingerprint density at radius 1 is 1.36 bits per heavy atom.